The van der Waals surface area contributed by atoms with E-state index in [1.165, 1.54) is 37.7 Å². The fourth-order valence-electron chi connectivity index (χ4n) is 2.78. The molecule has 0 radical (unpaired) electrons. The third kappa shape index (κ3) is 6.39. The van der Waals surface area contributed by atoms with Gasteiger partial charge in [-0.15, -0.1) is 0 Å². The zero-order valence-electron chi connectivity index (χ0n) is 14.7. The first-order chi connectivity index (χ1) is 12.1. The topological polar surface area (TPSA) is 0 Å². The van der Waals surface area contributed by atoms with Crippen molar-refractivity contribution in [2.45, 2.75) is 51.9 Å². The van der Waals surface area contributed by atoms with Crippen LogP contribution in [0.15, 0.2) is 53.0 Å². The van der Waals surface area contributed by atoms with E-state index in [1.54, 1.807) is 36.4 Å². The molecule has 0 aromatic heterocycles. The summed E-state index contributed by atoms with van der Waals surface area (Å²) >= 11 is 3.29. The van der Waals surface area contributed by atoms with Gasteiger partial charge in [0.2, 0.25) is 0 Å². The van der Waals surface area contributed by atoms with Crippen LogP contribution in [0.1, 0.15) is 62.1 Å². The fraction of sp³-hybridized carbons (Fsp3) is 0.364. The Labute approximate surface area is 158 Å². The molecule has 0 nitrogen and oxygen atoms in total. The molecule has 0 bridgehead atoms. The highest BCUT2D eigenvalue weighted by atomic mass is 79.9. The van der Waals surface area contributed by atoms with Crippen LogP contribution in [-0.4, -0.2) is 0 Å². The molecular weight excluding hydrogens is 382 g/mol. The molecule has 0 atom stereocenters. The number of rotatable bonds is 9. The van der Waals surface area contributed by atoms with Gasteiger partial charge in [0.15, 0.2) is 11.7 Å². The Kier molecular flexibility index (Phi) is 8.33. The number of aryl methyl sites for hydroxylation is 1. The number of hydrogen-bond acceptors (Lipinski definition) is 0. The Morgan fingerprint density at radius 1 is 0.720 bits per heavy atom. The third-order valence-electron chi connectivity index (χ3n) is 4.32. The molecule has 0 saturated heterocycles. The van der Waals surface area contributed by atoms with Crippen LogP contribution in [0.2, 0.25) is 0 Å². The van der Waals surface area contributed by atoms with Gasteiger partial charge >= 0.3 is 0 Å². The third-order valence-corrected chi connectivity index (χ3v) is 4.85. The molecule has 134 valence electrons. The molecule has 0 amide bonds. The minimum absolute atomic E-state index is 0.247. The highest BCUT2D eigenvalue weighted by Crippen LogP contribution is 2.29. The van der Waals surface area contributed by atoms with Crippen molar-refractivity contribution in [1.29, 1.82) is 0 Å². The average molecular weight is 407 g/mol. The molecule has 0 saturated carbocycles. The van der Waals surface area contributed by atoms with E-state index in [9.17, 15) is 8.78 Å². The van der Waals surface area contributed by atoms with E-state index in [0.717, 1.165) is 17.3 Å². The van der Waals surface area contributed by atoms with E-state index < -0.39 is 11.7 Å². The summed E-state index contributed by atoms with van der Waals surface area (Å²) in [4.78, 5) is 0. The molecule has 2 rings (SSSR count). The predicted molar refractivity (Wildman–Crippen MR) is 107 cm³/mol. The van der Waals surface area contributed by atoms with E-state index >= 15 is 0 Å². The van der Waals surface area contributed by atoms with Crippen molar-refractivity contribution in [1.82, 2.24) is 0 Å². The monoisotopic (exact) mass is 406 g/mol. The molecule has 0 aliphatic heterocycles. The SMILES string of the molecule is CCCCCCCCc1ccc(/C(F)=C(/F)c2ccc(Br)cc2)cc1. The molecule has 25 heavy (non-hydrogen) atoms. The van der Waals surface area contributed by atoms with Crippen molar-refractivity contribution in [2.24, 2.45) is 0 Å². The molecule has 0 aliphatic carbocycles. The van der Waals surface area contributed by atoms with Gasteiger partial charge in [-0.25, -0.2) is 8.78 Å². The summed E-state index contributed by atoms with van der Waals surface area (Å²) in [5.74, 6) is -1.63. The Hall–Kier alpha value is -1.48. The Balaban J connectivity index is 1.94. The molecule has 2 aromatic carbocycles. The lowest BCUT2D eigenvalue weighted by Crippen LogP contribution is -1.89. The standard InChI is InChI=1S/C22H25BrF2/c1-2-3-4-5-6-7-8-17-9-11-18(12-10-17)21(24)22(25)19-13-15-20(23)16-14-19/h9-16H,2-8H2,1H3/b22-21-. The van der Waals surface area contributed by atoms with Gasteiger partial charge in [-0.05, 0) is 30.5 Å². The van der Waals surface area contributed by atoms with Gasteiger partial charge < -0.3 is 0 Å². The molecule has 0 heterocycles. The molecule has 0 unspecified atom stereocenters. The minimum Gasteiger partial charge on any atom is -0.203 e. The fourth-order valence-corrected chi connectivity index (χ4v) is 3.04. The average Bonchev–Trinajstić information content (AvgIpc) is 2.64. The lowest BCUT2D eigenvalue weighted by atomic mass is 10.0. The van der Waals surface area contributed by atoms with Gasteiger partial charge in [-0.1, -0.05) is 91.4 Å². The second-order valence-corrected chi connectivity index (χ2v) is 7.27. The predicted octanol–water partition coefficient (Wildman–Crippen LogP) is 8.12. The van der Waals surface area contributed by atoms with Crippen molar-refractivity contribution in [3.63, 3.8) is 0 Å². The molecule has 2 aromatic rings. The van der Waals surface area contributed by atoms with Crippen LogP contribution >= 0.6 is 15.9 Å². The Bertz CT molecular complexity index is 672. The molecule has 0 aliphatic rings. The van der Waals surface area contributed by atoms with Gasteiger partial charge in [0, 0.05) is 15.6 Å². The van der Waals surface area contributed by atoms with Crippen molar-refractivity contribution in [3.8, 4) is 0 Å². The maximum absolute atomic E-state index is 14.4. The summed E-state index contributed by atoms with van der Waals surface area (Å²) < 4.78 is 29.5. The molecule has 0 N–H and O–H groups in total. The first-order valence-electron chi connectivity index (χ1n) is 9.02. The molecular formula is C22H25BrF2. The summed E-state index contributed by atoms with van der Waals surface area (Å²) in [6.07, 6.45) is 8.53. The zero-order chi connectivity index (χ0) is 18.1. The number of halogens is 3. The summed E-state index contributed by atoms with van der Waals surface area (Å²) in [5.41, 5.74) is 1.71. The minimum atomic E-state index is -0.823. The van der Waals surface area contributed by atoms with E-state index in [2.05, 4.69) is 22.9 Å². The largest absolute Gasteiger partial charge is 0.203 e. The Morgan fingerprint density at radius 2 is 1.20 bits per heavy atom. The second-order valence-electron chi connectivity index (χ2n) is 6.35. The molecule has 0 fully saturated rings. The number of unbranched alkanes of at least 4 members (excludes halogenated alkanes) is 5. The van der Waals surface area contributed by atoms with E-state index in [-0.39, 0.29) is 11.1 Å². The van der Waals surface area contributed by atoms with Crippen LogP contribution < -0.4 is 0 Å². The van der Waals surface area contributed by atoms with Gasteiger partial charge in [-0.3, -0.25) is 0 Å². The molecule has 3 heteroatoms. The summed E-state index contributed by atoms with van der Waals surface area (Å²) in [6, 6.07) is 13.7. The van der Waals surface area contributed by atoms with E-state index in [1.807, 2.05) is 12.1 Å². The van der Waals surface area contributed by atoms with Crippen LogP contribution in [0, 0.1) is 0 Å². The van der Waals surface area contributed by atoms with Crippen LogP contribution in [0.25, 0.3) is 11.7 Å². The van der Waals surface area contributed by atoms with Gasteiger partial charge in [0.25, 0.3) is 0 Å². The quantitative estimate of drug-likeness (QED) is 0.291. The zero-order valence-corrected chi connectivity index (χ0v) is 16.3. The van der Waals surface area contributed by atoms with Gasteiger partial charge in [0.05, 0.1) is 0 Å². The van der Waals surface area contributed by atoms with E-state index in [0.29, 0.717) is 0 Å². The van der Waals surface area contributed by atoms with E-state index in [4.69, 9.17) is 0 Å². The first-order valence-corrected chi connectivity index (χ1v) is 9.81. The highest BCUT2D eigenvalue weighted by molar-refractivity contribution is 9.10. The molecule has 0 spiro atoms. The van der Waals surface area contributed by atoms with Gasteiger partial charge in [-0.2, -0.15) is 0 Å². The van der Waals surface area contributed by atoms with Gasteiger partial charge in [0.1, 0.15) is 0 Å². The highest BCUT2D eigenvalue weighted by Gasteiger charge is 2.11. The summed E-state index contributed by atoms with van der Waals surface area (Å²) in [5, 5.41) is 0. The second kappa shape index (κ2) is 10.5. The summed E-state index contributed by atoms with van der Waals surface area (Å²) in [6.45, 7) is 2.22. The van der Waals surface area contributed by atoms with Crippen LogP contribution in [0.5, 0.6) is 0 Å². The Morgan fingerprint density at radius 3 is 1.76 bits per heavy atom. The lowest BCUT2D eigenvalue weighted by Gasteiger charge is -2.05. The maximum Gasteiger partial charge on any atom is 0.166 e. The van der Waals surface area contributed by atoms with Crippen molar-refractivity contribution in [3.05, 3.63) is 69.7 Å². The number of hydrogen-bond donors (Lipinski definition) is 0. The number of benzene rings is 2. The smallest absolute Gasteiger partial charge is 0.166 e. The van der Waals surface area contributed by atoms with Crippen molar-refractivity contribution < 1.29 is 8.78 Å². The van der Waals surface area contributed by atoms with Crippen LogP contribution in [0.3, 0.4) is 0 Å². The van der Waals surface area contributed by atoms with Crippen molar-refractivity contribution in [2.75, 3.05) is 0 Å². The maximum atomic E-state index is 14.4. The first kappa shape index (κ1) is 19.8. The van der Waals surface area contributed by atoms with Crippen molar-refractivity contribution >= 4 is 27.6 Å². The normalized spacial score (nSPS) is 12.2. The van der Waals surface area contributed by atoms with Crippen LogP contribution in [-0.2, 0) is 6.42 Å². The van der Waals surface area contributed by atoms with Crippen LogP contribution in [0.4, 0.5) is 8.78 Å². The lowest BCUT2D eigenvalue weighted by molar-refractivity contribution is 0.607. The summed E-state index contributed by atoms with van der Waals surface area (Å²) in [7, 11) is 0.